The van der Waals surface area contributed by atoms with Crippen molar-refractivity contribution in [1.82, 2.24) is 10.2 Å². The first-order chi connectivity index (χ1) is 11.1. The molecule has 0 aliphatic carbocycles. The van der Waals surface area contributed by atoms with Crippen LogP contribution in [0, 0.1) is 0 Å². The van der Waals surface area contributed by atoms with E-state index < -0.39 is 0 Å². The second-order valence-electron chi connectivity index (χ2n) is 5.61. The molecule has 124 valence electrons. The molecule has 1 aromatic carbocycles. The Labute approximate surface area is 142 Å². The van der Waals surface area contributed by atoms with Crippen LogP contribution in [0.3, 0.4) is 0 Å². The molecule has 1 fully saturated rings. The number of anilines is 1. The summed E-state index contributed by atoms with van der Waals surface area (Å²) in [7, 11) is 0. The molecule has 23 heavy (non-hydrogen) atoms. The third-order valence-electron chi connectivity index (χ3n) is 3.87. The monoisotopic (exact) mass is 333 g/mol. The maximum atomic E-state index is 12.8. The molecular weight excluding hydrogens is 310 g/mol. The first-order valence-corrected chi connectivity index (χ1v) is 8.51. The van der Waals surface area contributed by atoms with Crippen LogP contribution in [-0.2, 0) is 4.79 Å². The Hall–Kier alpha value is -1.95. The highest BCUT2D eigenvalue weighted by atomic mass is 32.1. The number of hydrogen-bond acceptors (Lipinski definition) is 3. The Kier molecular flexibility index (Phi) is 6.52. The molecule has 0 atom stereocenters. The summed E-state index contributed by atoms with van der Waals surface area (Å²) in [6.45, 7) is 3.35. The van der Waals surface area contributed by atoms with Gasteiger partial charge in [-0.1, -0.05) is 31.9 Å². The van der Waals surface area contributed by atoms with Crippen molar-refractivity contribution in [3.05, 3.63) is 29.8 Å². The molecule has 0 aromatic heterocycles. The SMILES string of the molecule is CCC(=O)NC(=S)Nc1ccccc1C(=O)N1CCCCCC1. The molecule has 1 saturated heterocycles. The minimum Gasteiger partial charge on any atom is -0.339 e. The number of carbonyl (C=O) groups excluding carboxylic acids is 2. The number of para-hydroxylation sites is 1. The molecule has 5 nitrogen and oxygen atoms in total. The number of amides is 2. The molecule has 0 saturated carbocycles. The van der Waals surface area contributed by atoms with E-state index >= 15 is 0 Å². The van der Waals surface area contributed by atoms with Crippen LogP contribution in [-0.4, -0.2) is 34.9 Å². The maximum Gasteiger partial charge on any atom is 0.255 e. The molecule has 0 spiro atoms. The van der Waals surface area contributed by atoms with E-state index in [4.69, 9.17) is 12.2 Å². The van der Waals surface area contributed by atoms with E-state index in [-0.39, 0.29) is 16.9 Å². The van der Waals surface area contributed by atoms with Gasteiger partial charge in [0.15, 0.2) is 5.11 Å². The van der Waals surface area contributed by atoms with Gasteiger partial charge in [0.25, 0.3) is 5.91 Å². The fraction of sp³-hybridized carbons (Fsp3) is 0.471. The molecule has 2 rings (SSSR count). The average molecular weight is 333 g/mol. The van der Waals surface area contributed by atoms with Crippen LogP contribution >= 0.6 is 12.2 Å². The Balaban J connectivity index is 2.11. The minimum atomic E-state index is -0.154. The number of hydrogen-bond donors (Lipinski definition) is 2. The number of rotatable bonds is 3. The van der Waals surface area contributed by atoms with Gasteiger partial charge in [0.2, 0.25) is 5.91 Å². The van der Waals surface area contributed by atoms with Crippen molar-refractivity contribution in [1.29, 1.82) is 0 Å². The highest BCUT2D eigenvalue weighted by Gasteiger charge is 2.20. The molecule has 0 radical (unpaired) electrons. The Morgan fingerprint density at radius 1 is 1.13 bits per heavy atom. The van der Waals surface area contributed by atoms with Crippen molar-refractivity contribution >= 4 is 34.8 Å². The molecule has 1 aliphatic rings. The van der Waals surface area contributed by atoms with E-state index in [0.29, 0.717) is 17.7 Å². The van der Waals surface area contributed by atoms with E-state index in [1.165, 1.54) is 12.8 Å². The number of nitrogens with zero attached hydrogens (tertiary/aromatic N) is 1. The summed E-state index contributed by atoms with van der Waals surface area (Å²) < 4.78 is 0. The zero-order valence-electron chi connectivity index (χ0n) is 13.4. The molecular formula is C17H23N3O2S. The second-order valence-corrected chi connectivity index (χ2v) is 6.02. The van der Waals surface area contributed by atoms with Crippen molar-refractivity contribution < 1.29 is 9.59 Å². The van der Waals surface area contributed by atoms with Gasteiger partial charge in [0.05, 0.1) is 11.3 Å². The number of carbonyl (C=O) groups is 2. The van der Waals surface area contributed by atoms with Crippen molar-refractivity contribution in [2.75, 3.05) is 18.4 Å². The highest BCUT2D eigenvalue weighted by Crippen LogP contribution is 2.19. The van der Waals surface area contributed by atoms with Crippen LogP contribution in [0.2, 0.25) is 0 Å². The predicted molar refractivity (Wildman–Crippen MR) is 95.5 cm³/mol. The molecule has 0 bridgehead atoms. The van der Waals surface area contributed by atoms with Gasteiger partial charge in [-0.15, -0.1) is 0 Å². The van der Waals surface area contributed by atoms with Gasteiger partial charge in [0.1, 0.15) is 0 Å². The van der Waals surface area contributed by atoms with E-state index in [1.54, 1.807) is 19.1 Å². The van der Waals surface area contributed by atoms with Crippen LogP contribution in [0.15, 0.2) is 24.3 Å². The standard InChI is InChI=1S/C17H23N3O2S/c1-2-15(21)19-17(23)18-14-10-6-5-9-13(14)16(22)20-11-7-3-4-8-12-20/h5-6,9-10H,2-4,7-8,11-12H2,1H3,(H2,18,19,21,23). The van der Waals surface area contributed by atoms with E-state index in [9.17, 15) is 9.59 Å². The minimum absolute atomic E-state index is 0.0135. The summed E-state index contributed by atoms with van der Waals surface area (Å²) in [5.74, 6) is -0.140. The molecule has 1 heterocycles. The van der Waals surface area contributed by atoms with Gasteiger partial charge in [-0.25, -0.2) is 0 Å². The predicted octanol–water partition coefficient (Wildman–Crippen LogP) is 2.93. The zero-order valence-corrected chi connectivity index (χ0v) is 14.2. The molecule has 0 unspecified atom stereocenters. The lowest BCUT2D eigenvalue weighted by Gasteiger charge is -2.22. The fourth-order valence-electron chi connectivity index (χ4n) is 2.59. The van der Waals surface area contributed by atoms with Crippen LogP contribution in [0.5, 0.6) is 0 Å². The van der Waals surface area contributed by atoms with E-state index in [2.05, 4.69) is 10.6 Å². The lowest BCUT2D eigenvalue weighted by atomic mass is 10.1. The summed E-state index contributed by atoms with van der Waals surface area (Å²) in [4.78, 5) is 26.1. The Bertz CT molecular complexity index is 581. The van der Waals surface area contributed by atoms with Crippen LogP contribution in [0.4, 0.5) is 5.69 Å². The quantitative estimate of drug-likeness (QED) is 0.835. The normalized spacial score (nSPS) is 14.7. The lowest BCUT2D eigenvalue weighted by molar-refractivity contribution is -0.119. The topological polar surface area (TPSA) is 61.4 Å². The maximum absolute atomic E-state index is 12.8. The summed E-state index contributed by atoms with van der Waals surface area (Å²) in [5.41, 5.74) is 1.21. The highest BCUT2D eigenvalue weighted by molar-refractivity contribution is 7.80. The van der Waals surface area contributed by atoms with Crippen molar-refractivity contribution in [3.8, 4) is 0 Å². The third kappa shape index (κ3) is 5.03. The van der Waals surface area contributed by atoms with Gasteiger partial charge in [0, 0.05) is 19.5 Å². The van der Waals surface area contributed by atoms with Crippen molar-refractivity contribution in [2.45, 2.75) is 39.0 Å². The van der Waals surface area contributed by atoms with E-state index in [0.717, 1.165) is 25.9 Å². The van der Waals surface area contributed by atoms with Gasteiger partial charge in [-0.3, -0.25) is 9.59 Å². The molecule has 2 N–H and O–H groups in total. The molecule has 6 heteroatoms. The van der Waals surface area contributed by atoms with Crippen LogP contribution in [0.25, 0.3) is 0 Å². The van der Waals surface area contributed by atoms with Gasteiger partial charge >= 0.3 is 0 Å². The Morgan fingerprint density at radius 3 is 2.43 bits per heavy atom. The van der Waals surface area contributed by atoms with Gasteiger partial charge in [-0.2, -0.15) is 0 Å². The van der Waals surface area contributed by atoms with Crippen molar-refractivity contribution in [2.24, 2.45) is 0 Å². The summed E-state index contributed by atoms with van der Waals surface area (Å²) in [6.07, 6.45) is 4.81. The third-order valence-corrected chi connectivity index (χ3v) is 4.08. The number of benzene rings is 1. The number of nitrogens with one attached hydrogen (secondary N) is 2. The average Bonchev–Trinajstić information content (AvgIpc) is 2.83. The van der Waals surface area contributed by atoms with Crippen LogP contribution in [0.1, 0.15) is 49.4 Å². The fourth-order valence-corrected chi connectivity index (χ4v) is 2.82. The largest absolute Gasteiger partial charge is 0.339 e. The smallest absolute Gasteiger partial charge is 0.255 e. The molecule has 1 aromatic rings. The zero-order chi connectivity index (χ0) is 16.7. The van der Waals surface area contributed by atoms with Crippen molar-refractivity contribution in [3.63, 3.8) is 0 Å². The first kappa shape index (κ1) is 17.4. The summed E-state index contributed by atoms with van der Waals surface area (Å²) in [6, 6.07) is 7.27. The van der Waals surface area contributed by atoms with Crippen LogP contribution < -0.4 is 10.6 Å². The number of thiocarbonyl (C=S) groups is 1. The summed E-state index contributed by atoms with van der Waals surface area (Å²) >= 11 is 5.13. The van der Waals surface area contributed by atoms with E-state index in [1.807, 2.05) is 17.0 Å². The molecule has 1 aliphatic heterocycles. The molecule has 2 amide bonds. The second kappa shape index (κ2) is 8.62. The van der Waals surface area contributed by atoms with Gasteiger partial charge in [-0.05, 0) is 37.2 Å². The van der Waals surface area contributed by atoms with Gasteiger partial charge < -0.3 is 15.5 Å². The Morgan fingerprint density at radius 2 is 1.78 bits per heavy atom. The lowest BCUT2D eigenvalue weighted by Crippen LogP contribution is -2.35. The summed E-state index contributed by atoms with van der Waals surface area (Å²) in [5, 5.41) is 5.77. The first-order valence-electron chi connectivity index (χ1n) is 8.11. The number of likely N-dealkylation sites (tertiary alicyclic amines) is 1.